The molecule has 0 saturated heterocycles. The summed E-state index contributed by atoms with van der Waals surface area (Å²) in [5, 5.41) is 3.55. The fraction of sp³-hybridized carbons (Fsp3) is 0.310. The van der Waals surface area contributed by atoms with Crippen LogP contribution in [0, 0.1) is 5.82 Å². The minimum absolute atomic E-state index is 0.117. The monoisotopic (exact) mass is 526 g/mol. The van der Waals surface area contributed by atoms with Crippen LogP contribution in [0.4, 0.5) is 4.39 Å². The molecule has 3 aromatic rings. The van der Waals surface area contributed by atoms with E-state index in [-0.39, 0.29) is 29.9 Å². The first kappa shape index (κ1) is 27.8. The van der Waals surface area contributed by atoms with Crippen LogP contribution < -0.4 is 5.32 Å². The number of benzene rings is 3. The maximum atomic E-state index is 14.1. The summed E-state index contributed by atoms with van der Waals surface area (Å²) < 4.78 is 14.1. The second-order valence-corrected chi connectivity index (χ2v) is 9.94. The fourth-order valence-corrected chi connectivity index (χ4v) is 4.91. The van der Waals surface area contributed by atoms with E-state index in [1.54, 1.807) is 29.2 Å². The maximum absolute atomic E-state index is 14.1. The van der Waals surface area contributed by atoms with Crippen LogP contribution >= 0.6 is 23.4 Å². The molecule has 0 bridgehead atoms. The topological polar surface area (TPSA) is 49.4 Å². The van der Waals surface area contributed by atoms with E-state index >= 15 is 0 Å². The van der Waals surface area contributed by atoms with E-state index in [0.29, 0.717) is 29.3 Å². The van der Waals surface area contributed by atoms with Crippen molar-refractivity contribution >= 4 is 35.2 Å². The normalized spacial score (nSPS) is 11.6. The van der Waals surface area contributed by atoms with Crippen molar-refractivity contribution in [3.05, 3.63) is 106 Å². The summed E-state index contributed by atoms with van der Waals surface area (Å²) in [6, 6.07) is 22.9. The van der Waals surface area contributed by atoms with Crippen LogP contribution in [-0.4, -0.2) is 35.1 Å². The molecule has 190 valence electrons. The van der Waals surface area contributed by atoms with Gasteiger partial charge in [0.1, 0.15) is 11.9 Å². The summed E-state index contributed by atoms with van der Waals surface area (Å²) >= 11 is 7.77. The zero-order valence-corrected chi connectivity index (χ0v) is 22.0. The summed E-state index contributed by atoms with van der Waals surface area (Å²) in [4.78, 5) is 28.6. The number of unbranched alkanes of at least 4 members (excludes halogenated alkanes) is 1. The highest BCUT2D eigenvalue weighted by Crippen LogP contribution is 2.22. The molecule has 0 unspecified atom stereocenters. The van der Waals surface area contributed by atoms with Crippen molar-refractivity contribution in [2.24, 2.45) is 0 Å². The Hall–Kier alpha value is -2.83. The lowest BCUT2D eigenvalue weighted by Crippen LogP contribution is -2.51. The molecule has 0 aliphatic heterocycles. The Morgan fingerprint density at radius 1 is 0.972 bits per heavy atom. The van der Waals surface area contributed by atoms with Gasteiger partial charge in [-0.25, -0.2) is 4.39 Å². The van der Waals surface area contributed by atoms with Gasteiger partial charge >= 0.3 is 0 Å². The van der Waals surface area contributed by atoms with Gasteiger partial charge in [-0.2, -0.15) is 0 Å². The molecule has 0 aliphatic rings. The van der Waals surface area contributed by atoms with E-state index in [9.17, 15) is 14.0 Å². The predicted molar refractivity (Wildman–Crippen MR) is 146 cm³/mol. The zero-order valence-electron chi connectivity index (χ0n) is 20.5. The average molecular weight is 527 g/mol. The van der Waals surface area contributed by atoms with Gasteiger partial charge < -0.3 is 10.2 Å². The summed E-state index contributed by atoms with van der Waals surface area (Å²) in [7, 11) is 0. The van der Waals surface area contributed by atoms with Crippen LogP contribution in [0.2, 0.25) is 5.02 Å². The van der Waals surface area contributed by atoms with E-state index in [1.807, 2.05) is 48.5 Å². The molecule has 2 amide bonds. The highest BCUT2D eigenvalue weighted by atomic mass is 35.5. The summed E-state index contributed by atoms with van der Waals surface area (Å²) in [6.45, 7) is 2.82. The second-order valence-electron chi connectivity index (χ2n) is 8.55. The van der Waals surface area contributed by atoms with Gasteiger partial charge in [0.2, 0.25) is 11.8 Å². The number of hydrogen-bond acceptors (Lipinski definition) is 3. The molecule has 0 radical (unpaired) electrons. The molecule has 0 saturated carbocycles. The number of thioether (sulfide) groups is 1. The van der Waals surface area contributed by atoms with Gasteiger partial charge in [-0.15, -0.1) is 11.8 Å². The minimum Gasteiger partial charge on any atom is -0.354 e. The number of hydrogen-bond donors (Lipinski definition) is 1. The molecule has 1 N–H and O–H groups in total. The number of nitrogens with zero attached hydrogens (tertiary/aromatic N) is 1. The highest BCUT2D eigenvalue weighted by molar-refractivity contribution is 7.99. The molecule has 36 heavy (non-hydrogen) atoms. The van der Waals surface area contributed by atoms with E-state index in [0.717, 1.165) is 24.0 Å². The molecule has 1 atom stereocenters. The number of rotatable bonds is 13. The SMILES string of the molecule is CCCCNC(=O)[C@H](Cc1ccccc1)N(Cc1ccccc1Cl)C(=O)CSCc1ccccc1F. The van der Waals surface area contributed by atoms with E-state index in [2.05, 4.69) is 12.2 Å². The van der Waals surface area contributed by atoms with Crippen LogP contribution in [-0.2, 0) is 28.3 Å². The van der Waals surface area contributed by atoms with Gasteiger partial charge in [0.25, 0.3) is 0 Å². The third-order valence-electron chi connectivity index (χ3n) is 5.84. The summed E-state index contributed by atoms with van der Waals surface area (Å²) in [5.41, 5.74) is 2.28. The quantitative estimate of drug-likeness (QED) is 0.267. The van der Waals surface area contributed by atoms with Gasteiger partial charge in [0, 0.05) is 30.3 Å². The molecular weight excluding hydrogens is 495 g/mol. The number of carbonyl (C=O) groups excluding carboxylic acids is 2. The largest absolute Gasteiger partial charge is 0.354 e. The highest BCUT2D eigenvalue weighted by Gasteiger charge is 2.30. The Bertz CT molecular complexity index is 1130. The average Bonchev–Trinajstić information content (AvgIpc) is 2.89. The van der Waals surface area contributed by atoms with Gasteiger partial charge in [0.15, 0.2) is 0 Å². The molecule has 0 aromatic heterocycles. The van der Waals surface area contributed by atoms with Gasteiger partial charge in [0.05, 0.1) is 5.75 Å². The lowest BCUT2D eigenvalue weighted by Gasteiger charge is -2.32. The zero-order chi connectivity index (χ0) is 25.8. The lowest BCUT2D eigenvalue weighted by atomic mass is 10.0. The standard InChI is InChI=1S/C29H32ClFN2O2S/c1-2-3-17-32-29(35)27(18-22-11-5-4-6-12-22)33(19-23-13-7-9-15-25(23)30)28(34)21-36-20-24-14-8-10-16-26(24)31/h4-16,27H,2-3,17-21H2,1H3,(H,32,35)/t27-/m0/s1. The molecule has 0 aliphatic carbocycles. The first-order valence-electron chi connectivity index (χ1n) is 12.1. The van der Waals surface area contributed by atoms with Gasteiger partial charge in [-0.05, 0) is 35.2 Å². The Morgan fingerprint density at radius 2 is 1.64 bits per heavy atom. The van der Waals surface area contributed by atoms with E-state index in [4.69, 9.17) is 11.6 Å². The molecular formula is C29H32ClFN2O2S. The Labute approximate surface area is 222 Å². The first-order chi connectivity index (χ1) is 17.5. The Morgan fingerprint density at radius 3 is 2.33 bits per heavy atom. The molecule has 0 heterocycles. The lowest BCUT2D eigenvalue weighted by molar-refractivity contribution is -0.139. The predicted octanol–water partition coefficient (Wildman–Crippen LogP) is 6.27. The van der Waals surface area contributed by atoms with Crippen LogP contribution in [0.3, 0.4) is 0 Å². The van der Waals surface area contributed by atoms with Crippen molar-refractivity contribution in [1.82, 2.24) is 10.2 Å². The molecule has 4 nitrogen and oxygen atoms in total. The first-order valence-corrected chi connectivity index (χ1v) is 13.7. The maximum Gasteiger partial charge on any atom is 0.243 e. The molecule has 0 fully saturated rings. The van der Waals surface area contributed by atoms with Crippen molar-refractivity contribution in [2.45, 2.75) is 44.5 Å². The van der Waals surface area contributed by atoms with Crippen molar-refractivity contribution in [2.75, 3.05) is 12.3 Å². The third-order valence-corrected chi connectivity index (χ3v) is 7.18. The summed E-state index contributed by atoms with van der Waals surface area (Å²) in [5.74, 6) is -0.186. The Kier molecular flexibility index (Phi) is 11.3. The number of nitrogens with one attached hydrogen (secondary N) is 1. The van der Waals surface area contributed by atoms with Crippen LogP contribution in [0.5, 0.6) is 0 Å². The van der Waals surface area contributed by atoms with Gasteiger partial charge in [-0.3, -0.25) is 9.59 Å². The fourth-order valence-electron chi connectivity index (χ4n) is 3.82. The summed E-state index contributed by atoms with van der Waals surface area (Å²) in [6.07, 6.45) is 2.20. The number of carbonyl (C=O) groups is 2. The number of amides is 2. The van der Waals surface area contributed by atoms with Crippen LogP contribution in [0.25, 0.3) is 0 Å². The van der Waals surface area contributed by atoms with E-state index < -0.39 is 6.04 Å². The van der Waals surface area contributed by atoms with Crippen LogP contribution in [0.1, 0.15) is 36.5 Å². The minimum atomic E-state index is -0.706. The van der Waals surface area contributed by atoms with Crippen molar-refractivity contribution in [3.8, 4) is 0 Å². The van der Waals surface area contributed by atoms with Crippen molar-refractivity contribution < 1.29 is 14.0 Å². The Balaban J connectivity index is 1.85. The molecule has 3 aromatic carbocycles. The second kappa shape index (κ2) is 14.7. The molecule has 0 spiro atoms. The molecule has 7 heteroatoms. The smallest absolute Gasteiger partial charge is 0.243 e. The van der Waals surface area contributed by atoms with Crippen LogP contribution in [0.15, 0.2) is 78.9 Å². The molecule has 3 rings (SSSR count). The van der Waals surface area contributed by atoms with E-state index in [1.165, 1.54) is 17.8 Å². The van der Waals surface area contributed by atoms with Gasteiger partial charge in [-0.1, -0.05) is 91.7 Å². The van der Waals surface area contributed by atoms with Crippen molar-refractivity contribution in [1.29, 1.82) is 0 Å². The van der Waals surface area contributed by atoms with Crippen molar-refractivity contribution in [3.63, 3.8) is 0 Å². The third kappa shape index (κ3) is 8.38. The number of halogens is 2.